The molecule has 0 aliphatic heterocycles. The molecule has 2 aromatic carbocycles. The SMILES string of the molecule is OC(=Cc1nc2ccccc2[nH]1)c1nc2ccccc2[nH]1. The Morgan fingerprint density at radius 2 is 1.48 bits per heavy atom. The summed E-state index contributed by atoms with van der Waals surface area (Å²) in [5.74, 6) is 1.07. The largest absolute Gasteiger partial charge is 0.504 e. The molecule has 4 rings (SSSR count). The minimum Gasteiger partial charge on any atom is -0.504 e. The first kappa shape index (κ1) is 11.7. The van der Waals surface area contributed by atoms with Gasteiger partial charge >= 0.3 is 0 Å². The maximum atomic E-state index is 10.2. The van der Waals surface area contributed by atoms with E-state index in [1.807, 2.05) is 48.5 Å². The van der Waals surface area contributed by atoms with Crippen LogP contribution in [-0.2, 0) is 0 Å². The predicted molar refractivity (Wildman–Crippen MR) is 82.7 cm³/mol. The molecule has 21 heavy (non-hydrogen) atoms. The fourth-order valence-corrected chi connectivity index (χ4v) is 2.31. The van der Waals surface area contributed by atoms with E-state index in [1.165, 1.54) is 0 Å². The number of fused-ring (bicyclic) bond motifs is 2. The molecule has 0 saturated carbocycles. The zero-order chi connectivity index (χ0) is 14.2. The maximum Gasteiger partial charge on any atom is 0.173 e. The van der Waals surface area contributed by atoms with Crippen LogP contribution >= 0.6 is 0 Å². The number of nitrogens with zero attached hydrogens (tertiary/aromatic N) is 2. The normalized spacial score (nSPS) is 12.3. The van der Waals surface area contributed by atoms with Gasteiger partial charge in [0.15, 0.2) is 11.6 Å². The minimum atomic E-state index is 0.0465. The number of H-pyrrole nitrogens is 2. The van der Waals surface area contributed by atoms with Crippen LogP contribution in [0.25, 0.3) is 33.9 Å². The second kappa shape index (κ2) is 4.49. The fraction of sp³-hybridized carbons (Fsp3) is 0. The molecule has 5 heteroatoms. The quantitative estimate of drug-likeness (QED) is 0.490. The molecular weight excluding hydrogens is 264 g/mol. The van der Waals surface area contributed by atoms with E-state index in [-0.39, 0.29) is 5.76 Å². The van der Waals surface area contributed by atoms with E-state index in [4.69, 9.17) is 0 Å². The van der Waals surface area contributed by atoms with E-state index in [1.54, 1.807) is 6.08 Å². The summed E-state index contributed by atoms with van der Waals surface area (Å²) in [5, 5.41) is 10.2. The molecule has 0 atom stereocenters. The number of hydrogen-bond donors (Lipinski definition) is 3. The standard InChI is InChI=1S/C16H12N4O/c21-14(16-19-12-7-3-4-8-13(12)20-16)9-15-17-10-5-1-2-6-11(10)18-15/h1-9,21H,(H,17,18)(H,19,20). The molecule has 0 bridgehead atoms. The molecule has 3 N–H and O–H groups in total. The predicted octanol–water partition coefficient (Wildman–Crippen LogP) is 3.50. The Hall–Kier alpha value is -3.08. The van der Waals surface area contributed by atoms with Crippen molar-refractivity contribution in [2.45, 2.75) is 0 Å². The highest BCUT2D eigenvalue weighted by Crippen LogP contribution is 2.18. The fourth-order valence-electron chi connectivity index (χ4n) is 2.31. The molecule has 0 radical (unpaired) electrons. The molecule has 0 unspecified atom stereocenters. The van der Waals surface area contributed by atoms with E-state index in [2.05, 4.69) is 19.9 Å². The smallest absolute Gasteiger partial charge is 0.173 e. The van der Waals surface area contributed by atoms with E-state index >= 15 is 0 Å². The molecule has 5 nitrogen and oxygen atoms in total. The van der Waals surface area contributed by atoms with Crippen molar-refractivity contribution in [1.29, 1.82) is 0 Å². The van der Waals surface area contributed by atoms with Gasteiger partial charge in [-0.3, -0.25) is 0 Å². The van der Waals surface area contributed by atoms with Gasteiger partial charge in [-0.2, -0.15) is 0 Å². The van der Waals surface area contributed by atoms with Gasteiger partial charge in [0, 0.05) is 6.08 Å². The summed E-state index contributed by atoms with van der Waals surface area (Å²) in [4.78, 5) is 15.0. The van der Waals surface area contributed by atoms with Crippen molar-refractivity contribution in [3.63, 3.8) is 0 Å². The molecule has 0 amide bonds. The van der Waals surface area contributed by atoms with Crippen molar-refractivity contribution in [2.24, 2.45) is 0 Å². The number of aliphatic hydroxyl groups is 1. The first-order valence-corrected chi connectivity index (χ1v) is 6.60. The Bertz CT molecular complexity index is 898. The summed E-state index contributed by atoms with van der Waals surface area (Å²) in [7, 11) is 0. The molecule has 0 saturated heterocycles. The molecule has 0 spiro atoms. The summed E-state index contributed by atoms with van der Waals surface area (Å²) >= 11 is 0. The summed E-state index contributed by atoms with van der Waals surface area (Å²) < 4.78 is 0. The second-order valence-electron chi connectivity index (χ2n) is 4.77. The number of aromatic amines is 2. The van der Waals surface area contributed by atoms with E-state index in [9.17, 15) is 5.11 Å². The number of nitrogens with one attached hydrogen (secondary N) is 2. The van der Waals surface area contributed by atoms with Crippen LogP contribution < -0.4 is 0 Å². The third kappa shape index (κ3) is 2.04. The van der Waals surface area contributed by atoms with Crippen molar-refractivity contribution in [1.82, 2.24) is 19.9 Å². The lowest BCUT2D eigenvalue weighted by Gasteiger charge is -1.92. The van der Waals surface area contributed by atoms with Crippen LogP contribution in [0.3, 0.4) is 0 Å². The lowest BCUT2D eigenvalue weighted by molar-refractivity contribution is 0.509. The zero-order valence-corrected chi connectivity index (χ0v) is 11.0. The first-order valence-electron chi connectivity index (χ1n) is 6.60. The van der Waals surface area contributed by atoms with Gasteiger partial charge in [-0.05, 0) is 24.3 Å². The van der Waals surface area contributed by atoms with Crippen LogP contribution in [-0.4, -0.2) is 25.0 Å². The van der Waals surface area contributed by atoms with Gasteiger partial charge in [0.2, 0.25) is 0 Å². The zero-order valence-electron chi connectivity index (χ0n) is 11.0. The molecular formula is C16H12N4O. The van der Waals surface area contributed by atoms with Gasteiger partial charge in [0.1, 0.15) is 5.82 Å². The number of para-hydroxylation sites is 4. The van der Waals surface area contributed by atoms with Crippen LogP contribution in [0.4, 0.5) is 0 Å². The topological polar surface area (TPSA) is 77.6 Å². The molecule has 102 valence electrons. The summed E-state index contributed by atoms with van der Waals surface area (Å²) in [6.07, 6.45) is 1.57. The van der Waals surface area contributed by atoms with Gasteiger partial charge in [0.25, 0.3) is 0 Å². The second-order valence-corrected chi connectivity index (χ2v) is 4.77. The van der Waals surface area contributed by atoms with Crippen molar-refractivity contribution in [3.05, 3.63) is 60.2 Å². The third-order valence-corrected chi connectivity index (χ3v) is 3.31. The van der Waals surface area contributed by atoms with E-state index in [0.717, 1.165) is 22.1 Å². The monoisotopic (exact) mass is 276 g/mol. The van der Waals surface area contributed by atoms with Gasteiger partial charge < -0.3 is 15.1 Å². The number of aliphatic hydroxyl groups excluding tert-OH is 1. The Balaban J connectivity index is 1.76. The van der Waals surface area contributed by atoms with Crippen LogP contribution in [0, 0.1) is 0 Å². The highest BCUT2D eigenvalue weighted by Gasteiger charge is 2.07. The van der Waals surface area contributed by atoms with Crippen LogP contribution in [0.1, 0.15) is 11.6 Å². The van der Waals surface area contributed by atoms with Crippen molar-refractivity contribution < 1.29 is 5.11 Å². The Labute approximate surface area is 120 Å². The van der Waals surface area contributed by atoms with E-state index < -0.39 is 0 Å². The van der Waals surface area contributed by atoms with E-state index in [0.29, 0.717) is 11.6 Å². The summed E-state index contributed by atoms with van der Waals surface area (Å²) in [6, 6.07) is 15.4. The minimum absolute atomic E-state index is 0.0465. The lowest BCUT2D eigenvalue weighted by atomic mass is 10.3. The van der Waals surface area contributed by atoms with Crippen molar-refractivity contribution in [2.75, 3.05) is 0 Å². The Kier molecular flexibility index (Phi) is 2.50. The number of hydrogen-bond acceptors (Lipinski definition) is 3. The molecule has 2 aromatic heterocycles. The average Bonchev–Trinajstić information content (AvgIpc) is 3.10. The van der Waals surface area contributed by atoms with Crippen LogP contribution in [0.5, 0.6) is 0 Å². The van der Waals surface area contributed by atoms with Gasteiger partial charge in [0.05, 0.1) is 22.1 Å². The molecule has 2 heterocycles. The number of imidazole rings is 2. The lowest BCUT2D eigenvalue weighted by Crippen LogP contribution is -1.86. The van der Waals surface area contributed by atoms with Gasteiger partial charge in [-0.25, -0.2) is 9.97 Å². The van der Waals surface area contributed by atoms with Crippen LogP contribution in [0.15, 0.2) is 48.5 Å². The number of benzene rings is 2. The Morgan fingerprint density at radius 3 is 2.14 bits per heavy atom. The maximum absolute atomic E-state index is 10.2. The molecule has 0 aliphatic rings. The highest BCUT2D eigenvalue weighted by molar-refractivity contribution is 5.82. The molecule has 4 aromatic rings. The van der Waals surface area contributed by atoms with Gasteiger partial charge in [-0.1, -0.05) is 24.3 Å². The summed E-state index contributed by atoms with van der Waals surface area (Å²) in [5.41, 5.74) is 3.50. The molecule has 0 aliphatic carbocycles. The van der Waals surface area contributed by atoms with Crippen LogP contribution in [0.2, 0.25) is 0 Å². The summed E-state index contributed by atoms with van der Waals surface area (Å²) in [6.45, 7) is 0. The van der Waals surface area contributed by atoms with Crippen molar-refractivity contribution in [3.8, 4) is 0 Å². The number of rotatable bonds is 2. The molecule has 0 fully saturated rings. The van der Waals surface area contributed by atoms with Gasteiger partial charge in [-0.15, -0.1) is 0 Å². The highest BCUT2D eigenvalue weighted by atomic mass is 16.3. The average molecular weight is 276 g/mol. The Morgan fingerprint density at radius 1 is 0.857 bits per heavy atom. The third-order valence-electron chi connectivity index (χ3n) is 3.31. The first-order chi connectivity index (χ1) is 10.3. The number of aromatic nitrogens is 4. The van der Waals surface area contributed by atoms with Crippen molar-refractivity contribution >= 4 is 33.9 Å².